The van der Waals surface area contributed by atoms with E-state index in [9.17, 15) is 14.7 Å². The zero-order valence-electron chi connectivity index (χ0n) is 19.5. The largest absolute Gasteiger partial charge is 0.508 e. The van der Waals surface area contributed by atoms with Crippen LogP contribution in [0.3, 0.4) is 0 Å². The van der Waals surface area contributed by atoms with Gasteiger partial charge < -0.3 is 29.5 Å². The molecule has 1 unspecified atom stereocenters. The number of carbonyl (C=O) groups excluding carboxylic acids is 2. The molecule has 2 aliphatic rings. The number of ether oxygens (including phenoxy) is 3. The first-order chi connectivity index (χ1) is 16.5. The number of benzene rings is 2. The van der Waals surface area contributed by atoms with Crippen LogP contribution >= 0.6 is 0 Å². The number of phenols is 1. The minimum absolute atomic E-state index is 0.0533. The Hall–Kier alpha value is -3.42. The molecule has 2 aliphatic heterocycles. The van der Waals surface area contributed by atoms with Crippen molar-refractivity contribution in [1.82, 2.24) is 10.2 Å². The molecule has 0 spiro atoms. The molecule has 8 nitrogen and oxygen atoms in total. The van der Waals surface area contributed by atoms with Gasteiger partial charge in [0.25, 0.3) is 0 Å². The summed E-state index contributed by atoms with van der Waals surface area (Å²) in [6.07, 6.45) is 4.58. The Morgan fingerprint density at radius 1 is 1.15 bits per heavy atom. The fourth-order valence-corrected chi connectivity index (χ4v) is 4.50. The molecular weight excluding hydrogens is 436 g/mol. The van der Waals surface area contributed by atoms with Crippen LogP contribution in [0, 0.1) is 0 Å². The normalized spacial score (nSPS) is 16.1. The lowest BCUT2D eigenvalue weighted by molar-refractivity contribution is -0.130. The van der Waals surface area contributed by atoms with Gasteiger partial charge in [0.1, 0.15) is 11.5 Å². The number of hydrogen-bond donors (Lipinski definition) is 2. The van der Waals surface area contributed by atoms with Crippen LogP contribution in [-0.4, -0.2) is 55.4 Å². The lowest BCUT2D eigenvalue weighted by Gasteiger charge is -2.21. The Labute approximate surface area is 199 Å². The smallest absolute Gasteiger partial charge is 0.231 e. The molecule has 182 valence electrons. The van der Waals surface area contributed by atoms with E-state index in [4.69, 9.17) is 14.2 Å². The zero-order chi connectivity index (χ0) is 23.9. The first-order valence-corrected chi connectivity index (χ1v) is 11.9. The Kier molecular flexibility index (Phi) is 7.77. The molecule has 2 amide bonds. The van der Waals surface area contributed by atoms with Gasteiger partial charge in [0, 0.05) is 50.0 Å². The average molecular weight is 469 g/mol. The van der Waals surface area contributed by atoms with Crippen LogP contribution in [0.5, 0.6) is 23.0 Å². The van der Waals surface area contributed by atoms with Crippen molar-refractivity contribution in [1.29, 1.82) is 0 Å². The summed E-state index contributed by atoms with van der Waals surface area (Å²) in [5.41, 5.74) is 1.47. The highest BCUT2D eigenvalue weighted by molar-refractivity contribution is 5.78. The number of aromatic hydroxyl groups is 1. The highest BCUT2D eigenvalue weighted by Gasteiger charge is 2.25. The second-order valence-electron chi connectivity index (χ2n) is 8.69. The molecule has 2 heterocycles. The van der Waals surface area contributed by atoms with E-state index >= 15 is 0 Å². The molecule has 1 atom stereocenters. The fraction of sp³-hybridized carbons (Fsp3) is 0.462. The van der Waals surface area contributed by atoms with Crippen molar-refractivity contribution in [2.45, 2.75) is 44.4 Å². The molecule has 2 N–H and O–H groups in total. The van der Waals surface area contributed by atoms with E-state index in [1.54, 1.807) is 13.2 Å². The second-order valence-corrected chi connectivity index (χ2v) is 8.69. The van der Waals surface area contributed by atoms with Gasteiger partial charge in [0.05, 0.1) is 7.11 Å². The number of nitrogens with zero attached hydrogens (tertiary/aromatic N) is 1. The summed E-state index contributed by atoms with van der Waals surface area (Å²) in [7, 11) is 1.60. The number of nitrogens with one attached hydrogen (secondary N) is 1. The number of fused-ring (bicyclic) bond motifs is 1. The monoisotopic (exact) mass is 468 g/mol. The van der Waals surface area contributed by atoms with Gasteiger partial charge in [-0.3, -0.25) is 9.59 Å². The van der Waals surface area contributed by atoms with Gasteiger partial charge in [-0.1, -0.05) is 18.6 Å². The average Bonchev–Trinajstić information content (AvgIpc) is 3.20. The Morgan fingerprint density at radius 3 is 2.68 bits per heavy atom. The minimum atomic E-state index is -0.382. The summed E-state index contributed by atoms with van der Waals surface area (Å²) in [6, 6.07) is 10.7. The first-order valence-electron chi connectivity index (χ1n) is 11.9. The zero-order valence-corrected chi connectivity index (χ0v) is 19.5. The highest BCUT2D eigenvalue weighted by atomic mass is 16.7. The quantitative estimate of drug-likeness (QED) is 0.546. The summed E-state index contributed by atoms with van der Waals surface area (Å²) < 4.78 is 16.1. The van der Waals surface area contributed by atoms with Crippen LogP contribution in [0.25, 0.3) is 0 Å². The molecule has 2 aromatic carbocycles. The van der Waals surface area contributed by atoms with Gasteiger partial charge in [0.2, 0.25) is 18.6 Å². The molecule has 0 bridgehead atoms. The van der Waals surface area contributed by atoms with Crippen molar-refractivity contribution in [3.63, 3.8) is 0 Å². The third-order valence-electron chi connectivity index (χ3n) is 6.40. The summed E-state index contributed by atoms with van der Waals surface area (Å²) in [5, 5.41) is 13.7. The molecular formula is C26H32N2O6. The Bertz CT molecular complexity index is 1010. The topological polar surface area (TPSA) is 97.3 Å². The van der Waals surface area contributed by atoms with Gasteiger partial charge in [0.15, 0.2) is 11.5 Å². The maximum atomic E-state index is 12.9. The number of likely N-dealkylation sites (tertiary alicyclic amines) is 1. The lowest BCUT2D eigenvalue weighted by Crippen LogP contribution is -2.34. The summed E-state index contributed by atoms with van der Waals surface area (Å²) >= 11 is 0. The van der Waals surface area contributed by atoms with Crippen LogP contribution < -0.4 is 19.5 Å². The number of methoxy groups -OCH3 is 1. The summed E-state index contributed by atoms with van der Waals surface area (Å²) in [5.74, 6) is 1.51. The van der Waals surface area contributed by atoms with Crippen LogP contribution in [0.4, 0.5) is 0 Å². The van der Waals surface area contributed by atoms with E-state index in [0.717, 1.165) is 31.4 Å². The van der Waals surface area contributed by atoms with E-state index in [-0.39, 0.29) is 36.7 Å². The van der Waals surface area contributed by atoms with Crippen molar-refractivity contribution in [3.05, 3.63) is 47.5 Å². The molecule has 0 saturated carbocycles. The summed E-state index contributed by atoms with van der Waals surface area (Å²) in [4.78, 5) is 26.9. The van der Waals surface area contributed by atoms with Gasteiger partial charge in [-0.25, -0.2) is 0 Å². The van der Waals surface area contributed by atoms with Gasteiger partial charge in [-0.15, -0.1) is 0 Å². The number of hydrogen-bond acceptors (Lipinski definition) is 6. The third kappa shape index (κ3) is 5.73. The van der Waals surface area contributed by atoms with E-state index in [1.807, 2.05) is 29.2 Å². The number of phenolic OH excluding ortho intramolecular Hbond substituents is 1. The standard InChI is InChI=1S/C26H32N2O6/c1-32-19-9-7-18(8-10-19)20(21-14-23-24(16-22(21)29)34-17-33-23)15-25(30)27-11-5-13-28-12-4-2-3-6-26(28)31/h7-10,14,16,20,29H,2-6,11-13,15,17H2,1H3,(H,27,30). The molecule has 0 aliphatic carbocycles. The van der Waals surface area contributed by atoms with E-state index in [0.29, 0.717) is 48.7 Å². The number of carbonyl (C=O) groups is 2. The van der Waals surface area contributed by atoms with Crippen LogP contribution in [0.15, 0.2) is 36.4 Å². The predicted octanol–water partition coefficient (Wildman–Crippen LogP) is 3.56. The number of rotatable bonds is 9. The minimum Gasteiger partial charge on any atom is -0.508 e. The highest BCUT2D eigenvalue weighted by Crippen LogP contribution is 2.43. The van der Waals surface area contributed by atoms with Crippen LogP contribution in [-0.2, 0) is 9.59 Å². The van der Waals surface area contributed by atoms with Gasteiger partial charge >= 0.3 is 0 Å². The van der Waals surface area contributed by atoms with E-state index < -0.39 is 0 Å². The molecule has 1 saturated heterocycles. The number of amides is 2. The maximum Gasteiger partial charge on any atom is 0.231 e. The van der Waals surface area contributed by atoms with Crippen molar-refractivity contribution in [3.8, 4) is 23.0 Å². The fourth-order valence-electron chi connectivity index (χ4n) is 4.50. The van der Waals surface area contributed by atoms with Gasteiger partial charge in [-0.2, -0.15) is 0 Å². The second kappa shape index (κ2) is 11.1. The molecule has 4 rings (SSSR count). The van der Waals surface area contributed by atoms with Gasteiger partial charge in [-0.05, 0) is 43.0 Å². The molecule has 2 aromatic rings. The molecule has 0 aromatic heterocycles. The van der Waals surface area contributed by atoms with E-state index in [2.05, 4.69) is 5.32 Å². The third-order valence-corrected chi connectivity index (χ3v) is 6.40. The summed E-state index contributed by atoms with van der Waals surface area (Å²) in [6.45, 7) is 2.05. The first kappa shape index (κ1) is 23.7. The van der Waals surface area contributed by atoms with Crippen molar-refractivity contribution in [2.24, 2.45) is 0 Å². The Morgan fingerprint density at radius 2 is 1.91 bits per heavy atom. The lowest BCUT2D eigenvalue weighted by atomic mass is 9.87. The van der Waals surface area contributed by atoms with Crippen molar-refractivity contribution in [2.75, 3.05) is 33.5 Å². The van der Waals surface area contributed by atoms with Crippen molar-refractivity contribution < 1.29 is 28.9 Å². The van der Waals surface area contributed by atoms with Crippen LogP contribution in [0.2, 0.25) is 0 Å². The molecule has 0 radical (unpaired) electrons. The SMILES string of the molecule is COc1ccc(C(CC(=O)NCCCN2CCCCCC2=O)c2cc3c(cc2O)OCO3)cc1. The molecule has 8 heteroatoms. The molecule has 1 fully saturated rings. The van der Waals surface area contributed by atoms with Crippen molar-refractivity contribution >= 4 is 11.8 Å². The Balaban J connectivity index is 1.42. The molecule has 34 heavy (non-hydrogen) atoms. The maximum absolute atomic E-state index is 12.9. The predicted molar refractivity (Wildman–Crippen MR) is 126 cm³/mol. The van der Waals surface area contributed by atoms with Crippen LogP contribution in [0.1, 0.15) is 55.6 Å². The van der Waals surface area contributed by atoms with E-state index in [1.165, 1.54) is 6.07 Å².